The van der Waals surface area contributed by atoms with Crippen molar-refractivity contribution in [3.05, 3.63) is 0 Å². The molecule has 0 spiro atoms. The summed E-state index contributed by atoms with van der Waals surface area (Å²) < 4.78 is 153. The summed E-state index contributed by atoms with van der Waals surface area (Å²) in [5.74, 6) is -29.3. The van der Waals surface area contributed by atoms with Crippen LogP contribution in [0.3, 0.4) is 0 Å². The quantitative estimate of drug-likeness (QED) is 0.675. The van der Waals surface area contributed by atoms with Gasteiger partial charge in [-0.3, -0.25) is 0 Å². The maximum Gasteiger partial charge on any atom is 0.460 e. The standard InChI is InChI=1S/C10H10F12O/c1-4(23)3-5(2,11)6(12,13)7(14,15)8(16,17)9(18,19)10(20,21)22/h4,23H,3H2,1-2H3/t4?,5-/m0/s1. The van der Waals surface area contributed by atoms with Crippen molar-refractivity contribution in [1.29, 1.82) is 0 Å². The van der Waals surface area contributed by atoms with E-state index >= 15 is 0 Å². The van der Waals surface area contributed by atoms with Crippen molar-refractivity contribution >= 4 is 0 Å². The zero-order chi connectivity index (χ0) is 19.3. The lowest BCUT2D eigenvalue weighted by molar-refractivity contribution is -0.432. The van der Waals surface area contributed by atoms with Gasteiger partial charge in [-0.25, -0.2) is 4.39 Å². The Morgan fingerprint density at radius 3 is 1.22 bits per heavy atom. The molecule has 1 unspecified atom stereocenters. The van der Waals surface area contributed by atoms with Crippen LogP contribution in [0.1, 0.15) is 20.3 Å². The first-order chi connectivity index (χ1) is 9.67. The molecule has 1 nitrogen and oxygen atoms in total. The third-order valence-electron chi connectivity index (χ3n) is 2.87. The summed E-state index contributed by atoms with van der Waals surface area (Å²) in [7, 11) is 0. The Morgan fingerprint density at radius 2 is 0.957 bits per heavy atom. The molecule has 2 atom stereocenters. The molecule has 23 heavy (non-hydrogen) atoms. The highest BCUT2D eigenvalue weighted by Gasteiger charge is 2.89. The molecule has 0 aliphatic rings. The molecule has 13 heteroatoms. The Morgan fingerprint density at radius 1 is 0.652 bits per heavy atom. The highest BCUT2D eigenvalue weighted by molar-refractivity contribution is 5.11. The van der Waals surface area contributed by atoms with Gasteiger partial charge in [-0.1, -0.05) is 0 Å². The number of aliphatic hydroxyl groups is 1. The second kappa shape index (κ2) is 5.59. The maximum atomic E-state index is 13.6. The number of aliphatic hydroxyl groups excluding tert-OH is 1. The minimum Gasteiger partial charge on any atom is -0.393 e. The van der Waals surface area contributed by atoms with E-state index in [9.17, 15) is 52.7 Å². The van der Waals surface area contributed by atoms with Crippen molar-refractivity contribution in [3.8, 4) is 0 Å². The topological polar surface area (TPSA) is 20.2 Å². The van der Waals surface area contributed by atoms with E-state index in [1.54, 1.807) is 0 Å². The van der Waals surface area contributed by atoms with Gasteiger partial charge in [0.25, 0.3) is 0 Å². The minimum absolute atomic E-state index is 0.435. The number of hydrogen-bond acceptors (Lipinski definition) is 1. The Hall–Kier alpha value is -0.880. The van der Waals surface area contributed by atoms with Gasteiger partial charge < -0.3 is 5.11 Å². The molecule has 0 saturated heterocycles. The van der Waals surface area contributed by atoms with Crippen LogP contribution in [0.2, 0.25) is 0 Å². The normalized spacial score (nSPS) is 19.4. The largest absolute Gasteiger partial charge is 0.460 e. The van der Waals surface area contributed by atoms with Crippen LogP contribution >= 0.6 is 0 Å². The Labute approximate surface area is 121 Å². The fourth-order valence-corrected chi connectivity index (χ4v) is 1.58. The predicted molar refractivity (Wildman–Crippen MR) is 51.7 cm³/mol. The minimum atomic E-state index is -7.66. The van der Waals surface area contributed by atoms with E-state index in [-0.39, 0.29) is 0 Å². The van der Waals surface area contributed by atoms with Crippen LogP contribution in [0, 0.1) is 0 Å². The number of rotatable bonds is 6. The van der Waals surface area contributed by atoms with Gasteiger partial charge in [-0.05, 0) is 13.8 Å². The highest BCUT2D eigenvalue weighted by atomic mass is 19.4. The molecule has 0 heterocycles. The van der Waals surface area contributed by atoms with E-state index in [4.69, 9.17) is 5.11 Å². The van der Waals surface area contributed by atoms with Gasteiger partial charge in [0, 0.05) is 6.42 Å². The molecule has 1 N–H and O–H groups in total. The molecule has 0 rings (SSSR count). The Balaban J connectivity index is 6.14. The van der Waals surface area contributed by atoms with Gasteiger partial charge in [0.2, 0.25) is 0 Å². The molecule has 0 saturated carbocycles. The lowest BCUT2D eigenvalue weighted by atomic mass is 9.85. The third-order valence-corrected chi connectivity index (χ3v) is 2.87. The van der Waals surface area contributed by atoms with Crippen LogP contribution in [-0.2, 0) is 0 Å². The summed E-state index contributed by atoms with van der Waals surface area (Å²) in [5, 5.41) is 8.68. The predicted octanol–water partition coefficient (Wildman–Crippen LogP) is 4.59. The van der Waals surface area contributed by atoms with Gasteiger partial charge >= 0.3 is 29.9 Å². The summed E-state index contributed by atoms with van der Waals surface area (Å²) in [6, 6.07) is 0. The lowest BCUT2D eigenvalue weighted by Crippen LogP contribution is -2.70. The van der Waals surface area contributed by atoms with Crippen molar-refractivity contribution in [2.75, 3.05) is 0 Å². The van der Waals surface area contributed by atoms with Crippen molar-refractivity contribution in [3.63, 3.8) is 0 Å². The van der Waals surface area contributed by atoms with Crippen LogP contribution in [0.4, 0.5) is 52.7 Å². The van der Waals surface area contributed by atoms with E-state index in [1.165, 1.54) is 0 Å². The Bertz CT molecular complexity index is 422. The Kier molecular flexibility index (Phi) is 5.37. The first-order valence-electron chi connectivity index (χ1n) is 5.62. The third kappa shape index (κ3) is 3.20. The molecule has 0 radical (unpaired) electrons. The molecule has 0 aliphatic heterocycles. The zero-order valence-electron chi connectivity index (χ0n) is 11.3. The van der Waals surface area contributed by atoms with Crippen LogP contribution in [0.5, 0.6) is 0 Å². The number of alkyl halides is 12. The summed E-state index contributed by atoms with van der Waals surface area (Å²) >= 11 is 0. The van der Waals surface area contributed by atoms with Gasteiger partial charge in [-0.2, -0.15) is 48.3 Å². The fraction of sp³-hybridized carbons (Fsp3) is 1.00. The van der Waals surface area contributed by atoms with Crippen molar-refractivity contribution in [2.45, 2.75) is 61.9 Å². The molecule has 0 aromatic carbocycles. The maximum absolute atomic E-state index is 13.6. The molecule has 0 bridgehead atoms. The van der Waals surface area contributed by atoms with E-state index in [0.29, 0.717) is 6.92 Å². The molecular weight excluding hydrogens is 364 g/mol. The molecular formula is C10H10F12O. The summed E-state index contributed by atoms with van der Waals surface area (Å²) in [6.07, 6.45) is -11.3. The van der Waals surface area contributed by atoms with Gasteiger partial charge in [-0.15, -0.1) is 0 Å². The first-order valence-corrected chi connectivity index (χ1v) is 5.62. The van der Waals surface area contributed by atoms with Crippen LogP contribution in [0.25, 0.3) is 0 Å². The average molecular weight is 374 g/mol. The zero-order valence-corrected chi connectivity index (χ0v) is 11.3. The summed E-state index contributed by atoms with van der Waals surface area (Å²) in [5.41, 5.74) is -4.71. The molecule has 0 amide bonds. The van der Waals surface area contributed by atoms with Crippen molar-refractivity contribution in [2.24, 2.45) is 0 Å². The van der Waals surface area contributed by atoms with Gasteiger partial charge in [0.15, 0.2) is 5.67 Å². The van der Waals surface area contributed by atoms with Crippen LogP contribution in [0.15, 0.2) is 0 Å². The summed E-state index contributed by atoms with van der Waals surface area (Å²) in [6.45, 7) is 0.143. The fourth-order valence-electron chi connectivity index (χ4n) is 1.58. The second-order valence-corrected chi connectivity index (χ2v) is 5.05. The van der Waals surface area contributed by atoms with Crippen LogP contribution < -0.4 is 0 Å². The van der Waals surface area contributed by atoms with Crippen molar-refractivity contribution in [1.82, 2.24) is 0 Å². The highest BCUT2D eigenvalue weighted by Crippen LogP contribution is 2.60. The van der Waals surface area contributed by atoms with E-state index in [2.05, 4.69) is 0 Å². The molecule has 0 aromatic rings. The number of halogens is 12. The molecule has 0 aromatic heterocycles. The van der Waals surface area contributed by atoms with Crippen molar-refractivity contribution < 1.29 is 57.8 Å². The van der Waals surface area contributed by atoms with E-state index in [1.807, 2.05) is 0 Å². The number of hydrogen-bond donors (Lipinski definition) is 1. The van der Waals surface area contributed by atoms with Crippen LogP contribution in [-0.4, -0.2) is 46.7 Å². The first kappa shape index (κ1) is 22.1. The SMILES string of the molecule is CC(O)C[C@](C)(F)C(F)(F)C(F)(F)C(F)(F)C(F)(F)C(F)(F)F. The smallest absolute Gasteiger partial charge is 0.393 e. The van der Waals surface area contributed by atoms with Gasteiger partial charge in [0.1, 0.15) is 0 Å². The van der Waals surface area contributed by atoms with E-state index < -0.39 is 55.0 Å². The monoisotopic (exact) mass is 374 g/mol. The second-order valence-electron chi connectivity index (χ2n) is 5.05. The average Bonchev–Trinajstić information content (AvgIpc) is 2.24. The summed E-state index contributed by atoms with van der Waals surface area (Å²) in [4.78, 5) is 0. The molecule has 0 fully saturated rings. The molecule has 140 valence electrons. The van der Waals surface area contributed by atoms with E-state index in [0.717, 1.165) is 0 Å². The lowest BCUT2D eigenvalue weighted by Gasteiger charge is -2.41. The van der Waals surface area contributed by atoms with Gasteiger partial charge in [0.05, 0.1) is 6.10 Å². The molecule has 0 aliphatic carbocycles.